The number of nitrogens with two attached hydrogens (primary N) is 1. The number of methoxy groups -OCH3 is 1. The van der Waals surface area contributed by atoms with Crippen LogP contribution in [0.15, 0.2) is 0 Å². The van der Waals surface area contributed by atoms with E-state index in [0.29, 0.717) is 6.01 Å². The molecule has 0 aliphatic heterocycles. The number of aromatic nitrogens is 3. The van der Waals surface area contributed by atoms with E-state index in [1.165, 1.54) is 32.1 Å². The first-order chi connectivity index (χ1) is 9.71. The molecule has 4 bridgehead atoms. The third-order valence-corrected chi connectivity index (χ3v) is 5.70. The van der Waals surface area contributed by atoms with Crippen molar-refractivity contribution in [1.82, 2.24) is 15.0 Å². The Hall–Kier alpha value is -1.39. The molecule has 108 valence electrons. The molecule has 5 rings (SSSR count). The van der Waals surface area contributed by atoms with Crippen LogP contribution in [-0.2, 0) is 6.42 Å². The van der Waals surface area contributed by atoms with Gasteiger partial charge in [0.05, 0.1) is 7.11 Å². The molecule has 1 heterocycles. The summed E-state index contributed by atoms with van der Waals surface area (Å²) in [5.74, 6) is 5.61. The Morgan fingerprint density at radius 3 is 2.25 bits per heavy atom. The highest BCUT2D eigenvalue weighted by Crippen LogP contribution is 2.57. The van der Waals surface area contributed by atoms with Crippen LogP contribution in [0.1, 0.15) is 37.9 Å². The van der Waals surface area contributed by atoms with Crippen molar-refractivity contribution in [2.24, 2.45) is 29.6 Å². The smallest absolute Gasteiger partial charge is 0.321 e. The molecule has 4 aliphatic carbocycles. The largest absolute Gasteiger partial charge is 0.467 e. The molecular formula is C15H22N4O. The van der Waals surface area contributed by atoms with Gasteiger partial charge in [-0.2, -0.15) is 15.0 Å². The van der Waals surface area contributed by atoms with E-state index >= 15 is 0 Å². The summed E-state index contributed by atoms with van der Waals surface area (Å²) in [6.07, 6.45) is 8.14. The molecule has 1 aromatic rings. The van der Waals surface area contributed by atoms with Gasteiger partial charge in [0.25, 0.3) is 0 Å². The van der Waals surface area contributed by atoms with E-state index in [-0.39, 0.29) is 5.95 Å². The maximum absolute atomic E-state index is 5.74. The number of hydrogen-bond donors (Lipinski definition) is 1. The molecule has 20 heavy (non-hydrogen) atoms. The van der Waals surface area contributed by atoms with Crippen LogP contribution in [0.2, 0.25) is 0 Å². The van der Waals surface area contributed by atoms with Crippen LogP contribution in [0.25, 0.3) is 0 Å². The Morgan fingerprint density at radius 1 is 1.00 bits per heavy atom. The highest BCUT2D eigenvalue weighted by molar-refractivity contribution is 5.18. The predicted molar refractivity (Wildman–Crippen MR) is 75.0 cm³/mol. The summed E-state index contributed by atoms with van der Waals surface area (Å²) in [6, 6.07) is 0.344. The molecule has 2 N–H and O–H groups in total. The Morgan fingerprint density at radius 2 is 1.65 bits per heavy atom. The molecule has 0 radical (unpaired) electrons. The Kier molecular flexibility index (Phi) is 2.82. The Labute approximate surface area is 119 Å². The number of hydrogen-bond acceptors (Lipinski definition) is 5. The minimum Gasteiger partial charge on any atom is -0.467 e. The molecule has 1 aromatic heterocycles. The van der Waals surface area contributed by atoms with Crippen LogP contribution < -0.4 is 10.5 Å². The molecule has 5 nitrogen and oxygen atoms in total. The number of ether oxygens (including phenoxy) is 1. The first kappa shape index (κ1) is 12.4. The summed E-state index contributed by atoms with van der Waals surface area (Å²) in [6.45, 7) is 0. The number of nitrogens with zero attached hydrogens (tertiary/aromatic N) is 3. The minimum atomic E-state index is 0.274. The Balaban J connectivity index is 1.55. The van der Waals surface area contributed by atoms with Gasteiger partial charge in [-0.05, 0) is 61.7 Å². The van der Waals surface area contributed by atoms with E-state index in [1.807, 2.05) is 0 Å². The fourth-order valence-electron chi connectivity index (χ4n) is 5.18. The highest BCUT2D eigenvalue weighted by Gasteiger charge is 2.48. The van der Waals surface area contributed by atoms with Gasteiger partial charge in [-0.25, -0.2) is 0 Å². The lowest BCUT2D eigenvalue weighted by molar-refractivity contribution is -0.0367. The van der Waals surface area contributed by atoms with Gasteiger partial charge in [0.15, 0.2) is 0 Å². The van der Waals surface area contributed by atoms with Gasteiger partial charge < -0.3 is 10.5 Å². The molecule has 0 spiro atoms. The maximum Gasteiger partial charge on any atom is 0.321 e. The zero-order valence-corrected chi connectivity index (χ0v) is 12.0. The number of anilines is 1. The summed E-state index contributed by atoms with van der Waals surface area (Å²) in [5.41, 5.74) is 5.74. The number of nitrogen functional groups attached to an aromatic ring is 1. The van der Waals surface area contributed by atoms with Gasteiger partial charge in [-0.3, -0.25) is 0 Å². The zero-order chi connectivity index (χ0) is 13.7. The van der Waals surface area contributed by atoms with Gasteiger partial charge >= 0.3 is 6.01 Å². The number of rotatable bonds is 3. The van der Waals surface area contributed by atoms with E-state index in [9.17, 15) is 0 Å². The lowest BCUT2D eigenvalue weighted by atomic mass is 9.51. The van der Waals surface area contributed by atoms with Gasteiger partial charge in [0.2, 0.25) is 5.95 Å². The predicted octanol–water partition coefficient (Wildman–Crippen LogP) is 2.08. The maximum atomic E-state index is 5.74. The van der Waals surface area contributed by atoms with Crippen LogP contribution in [-0.4, -0.2) is 22.1 Å². The lowest BCUT2D eigenvalue weighted by Gasteiger charge is -2.54. The van der Waals surface area contributed by atoms with E-state index < -0.39 is 0 Å². The second-order valence-corrected chi connectivity index (χ2v) is 6.90. The van der Waals surface area contributed by atoms with Crippen molar-refractivity contribution in [1.29, 1.82) is 0 Å². The van der Waals surface area contributed by atoms with Crippen LogP contribution in [0.4, 0.5) is 5.95 Å². The third kappa shape index (κ3) is 2.03. The van der Waals surface area contributed by atoms with Crippen LogP contribution in [0, 0.1) is 29.6 Å². The van der Waals surface area contributed by atoms with Gasteiger partial charge in [-0.1, -0.05) is 0 Å². The van der Waals surface area contributed by atoms with Crippen molar-refractivity contribution in [2.45, 2.75) is 38.5 Å². The molecule has 0 saturated heterocycles. The first-order valence-electron chi connectivity index (χ1n) is 7.75. The van der Waals surface area contributed by atoms with Crippen LogP contribution in [0.3, 0.4) is 0 Å². The molecule has 4 fully saturated rings. The standard InChI is InChI=1S/C15H22N4O/c1-20-15-18-13(17-14(16)19-15)7-12-10-3-8-2-9(5-10)6-11(12)4-8/h8-12H,2-7H2,1H3,(H2,16,17,18,19). The van der Waals surface area contributed by atoms with Crippen molar-refractivity contribution in [2.75, 3.05) is 12.8 Å². The van der Waals surface area contributed by atoms with E-state index in [0.717, 1.165) is 41.8 Å². The van der Waals surface area contributed by atoms with Gasteiger partial charge in [0.1, 0.15) is 5.82 Å². The average molecular weight is 274 g/mol. The molecular weight excluding hydrogens is 252 g/mol. The van der Waals surface area contributed by atoms with E-state index in [2.05, 4.69) is 15.0 Å². The van der Waals surface area contributed by atoms with Crippen molar-refractivity contribution < 1.29 is 4.74 Å². The van der Waals surface area contributed by atoms with Crippen molar-refractivity contribution in [3.63, 3.8) is 0 Å². The summed E-state index contributed by atoms with van der Waals surface area (Å²) >= 11 is 0. The van der Waals surface area contributed by atoms with Gasteiger partial charge in [-0.15, -0.1) is 0 Å². The first-order valence-corrected chi connectivity index (χ1v) is 7.75. The zero-order valence-electron chi connectivity index (χ0n) is 12.0. The highest BCUT2D eigenvalue weighted by atomic mass is 16.5. The van der Waals surface area contributed by atoms with Crippen LogP contribution >= 0.6 is 0 Å². The fourth-order valence-corrected chi connectivity index (χ4v) is 5.18. The molecule has 4 saturated carbocycles. The summed E-state index contributed by atoms with van der Waals surface area (Å²) in [7, 11) is 1.57. The normalized spacial score (nSPS) is 38.1. The van der Waals surface area contributed by atoms with E-state index in [4.69, 9.17) is 10.5 Å². The SMILES string of the molecule is COc1nc(N)nc(CC2C3CC4CC(C3)CC2C4)n1. The second-order valence-electron chi connectivity index (χ2n) is 6.90. The summed E-state index contributed by atoms with van der Waals surface area (Å²) in [4.78, 5) is 12.7. The quantitative estimate of drug-likeness (QED) is 0.913. The fraction of sp³-hybridized carbons (Fsp3) is 0.800. The van der Waals surface area contributed by atoms with Gasteiger partial charge in [0, 0.05) is 6.42 Å². The summed E-state index contributed by atoms with van der Waals surface area (Å²) < 4.78 is 5.10. The molecule has 5 heteroatoms. The lowest BCUT2D eigenvalue weighted by Crippen LogP contribution is -2.45. The van der Waals surface area contributed by atoms with E-state index in [1.54, 1.807) is 7.11 Å². The van der Waals surface area contributed by atoms with Crippen molar-refractivity contribution in [3.05, 3.63) is 5.82 Å². The van der Waals surface area contributed by atoms with Crippen molar-refractivity contribution >= 4 is 5.95 Å². The third-order valence-electron chi connectivity index (χ3n) is 5.70. The second kappa shape index (κ2) is 4.57. The average Bonchev–Trinajstić information content (AvgIpc) is 2.41. The molecule has 0 aromatic carbocycles. The molecule has 0 unspecified atom stereocenters. The minimum absolute atomic E-state index is 0.274. The molecule has 0 amide bonds. The Bertz CT molecular complexity index is 491. The summed E-state index contributed by atoms with van der Waals surface area (Å²) in [5, 5.41) is 0. The van der Waals surface area contributed by atoms with Crippen molar-refractivity contribution in [3.8, 4) is 6.01 Å². The molecule has 4 aliphatic rings. The molecule has 0 atom stereocenters. The van der Waals surface area contributed by atoms with Crippen LogP contribution in [0.5, 0.6) is 6.01 Å². The monoisotopic (exact) mass is 274 g/mol. The topological polar surface area (TPSA) is 73.9 Å².